The summed E-state index contributed by atoms with van der Waals surface area (Å²) in [7, 11) is 0. The van der Waals surface area contributed by atoms with Crippen molar-refractivity contribution in [2.75, 3.05) is 6.61 Å². The molecule has 0 N–H and O–H groups in total. The molecule has 2 amide bonds. The summed E-state index contributed by atoms with van der Waals surface area (Å²) >= 11 is 0. The summed E-state index contributed by atoms with van der Waals surface area (Å²) in [5, 5.41) is 9.54. The molecule has 0 saturated carbocycles. The summed E-state index contributed by atoms with van der Waals surface area (Å²) in [6.45, 7) is 7.49. The predicted octanol–water partition coefficient (Wildman–Crippen LogP) is 5.19. The van der Waals surface area contributed by atoms with E-state index in [9.17, 15) is 19.2 Å². The molecule has 0 bridgehead atoms. The molecule has 34 heavy (non-hydrogen) atoms. The Hall–Kier alpha value is -3.92. The van der Waals surface area contributed by atoms with Gasteiger partial charge in [0.1, 0.15) is 24.1 Å². The highest BCUT2D eigenvalue weighted by Crippen LogP contribution is 2.33. The molecule has 2 aromatic carbocycles. The lowest BCUT2D eigenvalue weighted by molar-refractivity contribution is -0.142. The Bertz CT molecular complexity index is 1210. The first-order chi connectivity index (χ1) is 16.3. The maximum absolute atomic E-state index is 13.9. The van der Waals surface area contributed by atoms with Crippen molar-refractivity contribution in [2.45, 2.75) is 46.8 Å². The molecule has 2 aromatic rings. The van der Waals surface area contributed by atoms with E-state index in [4.69, 9.17) is 9.47 Å². The lowest BCUT2D eigenvalue weighted by Gasteiger charge is -2.31. The van der Waals surface area contributed by atoms with Crippen LogP contribution in [0.15, 0.2) is 59.2 Å². The molecule has 1 unspecified atom stereocenters. The van der Waals surface area contributed by atoms with Gasteiger partial charge in [0, 0.05) is 17.2 Å². The first kappa shape index (κ1) is 24.7. The Morgan fingerprint density at radius 1 is 1.09 bits per heavy atom. The van der Waals surface area contributed by atoms with E-state index < -0.39 is 11.8 Å². The summed E-state index contributed by atoms with van der Waals surface area (Å²) in [5.41, 5.74) is 1.64. The van der Waals surface area contributed by atoms with Gasteiger partial charge in [-0.2, -0.15) is 5.26 Å². The maximum Gasteiger partial charge on any atom is 0.271 e. The van der Waals surface area contributed by atoms with E-state index in [0.29, 0.717) is 41.2 Å². The molecule has 0 radical (unpaired) electrons. The summed E-state index contributed by atoms with van der Waals surface area (Å²) in [4.78, 5) is 27.0. The number of carbonyl (C=O) groups is 2. The average molecular weight is 463 g/mol. The number of nitriles is 1. The summed E-state index contributed by atoms with van der Waals surface area (Å²) in [5.74, 6) is -0.484. The molecule has 7 heteroatoms. The van der Waals surface area contributed by atoms with Crippen LogP contribution in [0.1, 0.15) is 45.2 Å². The molecule has 3 rings (SSSR count). The topological polar surface area (TPSA) is 79.6 Å². The van der Waals surface area contributed by atoms with Crippen molar-refractivity contribution in [1.29, 1.82) is 5.26 Å². The van der Waals surface area contributed by atoms with E-state index in [0.717, 1.165) is 4.90 Å². The van der Waals surface area contributed by atoms with Crippen LogP contribution in [0.2, 0.25) is 0 Å². The van der Waals surface area contributed by atoms with Crippen molar-refractivity contribution >= 4 is 17.9 Å². The van der Waals surface area contributed by atoms with Crippen LogP contribution in [-0.2, 0) is 16.2 Å². The van der Waals surface area contributed by atoms with E-state index in [2.05, 4.69) is 0 Å². The van der Waals surface area contributed by atoms with Crippen LogP contribution in [0.4, 0.5) is 4.39 Å². The van der Waals surface area contributed by atoms with Gasteiger partial charge in [0.25, 0.3) is 11.8 Å². The molecule has 6 nitrogen and oxygen atoms in total. The van der Waals surface area contributed by atoms with Gasteiger partial charge in [-0.25, -0.2) is 4.39 Å². The Morgan fingerprint density at radius 3 is 2.47 bits per heavy atom. The zero-order valence-corrected chi connectivity index (χ0v) is 19.7. The van der Waals surface area contributed by atoms with Gasteiger partial charge < -0.3 is 9.47 Å². The van der Waals surface area contributed by atoms with E-state index in [1.807, 2.05) is 19.9 Å². The molecule has 176 valence electrons. The Labute approximate surface area is 198 Å². The SMILES string of the molecule is CCOc1cc(/C=C2/C(=O)N(C(C)CC)C(=O)C(C#N)=C2C)ccc1OCc1ccccc1F. The first-order valence-electron chi connectivity index (χ1n) is 11.2. The third-order valence-electron chi connectivity index (χ3n) is 5.72. The fourth-order valence-electron chi connectivity index (χ4n) is 3.62. The van der Waals surface area contributed by atoms with E-state index in [1.54, 1.807) is 56.3 Å². The minimum atomic E-state index is -0.566. The molecule has 0 aliphatic carbocycles. The Kier molecular flexibility index (Phi) is 7.85. The van der Waals surface area contributed by atoms with Gasteiger partial charge in [0.2, 0.25) is 0 Å². The Morgan fingerprint density at radius 2 is 1.82 bits per heavy atom. The third kappa shape index (κ3) is 5.01. The lowest BCUT2D eigenvalue weighted by atomic mass is 9.92. The van der Waals surface area contributed by atoms with Crippen LogP contribution in [-0.4, -0.2) is 29.4 Å². The van der Waals surface area contributed by atoms with Crippen molar-refractivity contribution < 1.29 is 23.5 Å². The number of imide groups is 1. The number of carbonyl (C=O) groups excluding carboxylic acids is 2. The van der Waals surface area contributed by atoms with Gasteiger partial charge in [0.15, 0.2) is 11.5 Å². The number of halogens is 1. The largest absolute Gasteiger partial charge is 0.490 e. The molecule has 1 heterocycles. The second kappa shape index (κ2) is 10.8. The fraction of sp³-hybridized carbons (Fsp3) is 0.296. The summed E-state index contributed by atoms with van der Waals surface area (Å²) in [6, 6.07) is 13.1. The van der Waals surface area contributed by atoms with Crippen molar-refractivity contribution in [2.24, 2.45) is 0 Å². The van der Waals surface area contributed by atoms with Gasteiger partial charge >= 0.3 is 0 Å². The van der Waals surface area contributed by atoms with E-state index >= 15 is 0 Å². The molecule has 1 atom stereocenters. The number of amides is 2. The molecule has 0 spiro atoms. The Balaban J connectivity index is 1.98. The summed E-state index contributed by atoms with van der Waals surface area (Å²) in [6.07, 6.45) is 2.21. The van der Waals surface area contributed by atoms with Crippen molar-refractivity contribution in [3.63, 3.8) is 0 Å². The zero-order chi connectivity index (χ0) is 24.8. The lowest BCUT2D eigenvalue weighted by Crippen LogP contribution is -2.47. The van der Waals surface area contributed by atoms with Crippen LogP contribution in [0.25, 0.3) is 6.08 Å². The van der Waals surface area contributed by atoms with Gasteiger partial charge in [-0.05, 0) is 62.6 Å². The number of hydrogen-bond donors (Lipinski definition) is 0. The fourth-order valence-corrected chi connectivity index (χ4v) is 3.62. The smallest absolute Gasteiger partial charge is 0.271 e. The van der Waals surface area contributed by atoms with Crippen LogP contribution < -0.4 is 9.47 Å². The van der Waals surface area contributed by atoms with Gasteiger partial charge in [0.05, 0.1) is 6.61 Å². The minimum Gasteiger partial charge on any atom is -0.490 e. The van der Waals surface area contributed by atoms with Gasteiger partial charge in [-0.3, -0.25) is 14.5 Å². The van der Waals surface area contributed by atoms with Crippen molar-refractivity contribution in [3.8, 4) is 17.6 Å². The highest BCUT2D eigenvalue weighted by Gasteiger charge is 2.37. The van der Waals surface area contributed by atoms with Gasteiger partial charge in [-0.15, -0.1) is 0 Å². The molecule has 1 aliphatic heterocycles. The van der Waals surface area contributed by atoms with Crippen LogP contribution in [0.3, 0.4) is 0 Å². The van der Waals surface area contributed by atoms with Crippen LogP contribution in [0.5, 0.6) is 11.5 Å². The third-order valence-corrected chi connectivity index (χ3v) is 5.72. The maximum atomic E-state index is 13.9. The minimum absolute atomic E-state index is 0.0328. The summed E-state index contributed by atoms with van der Waals surface area (Å²) < 4.78 is 25.4. The zero-order valence-electron chi connectivity index (χ0n) is 19.7. The predicted molar refractivity (Wildman–Crippen MR) is 126 cm³/mol. The standard InChI is InChI=1S/C27H27FN2O4/c1-5-17(3)30-26(31)21(18(4)22(15-29)27(30)32)13-19-11-12-24(25(14-19)33-6-2)34-16-20-9-7-8-10-23(20)28/h7-14,17H,5-6,16H2,1-4H3/b21-13+. The normalized spacial score (nSPS) is 16.0. The molecule has 0 aromatic heterocycles. The molecule has 0 saturated heterocycles. The molecular weight excluding hydrogens is 435 g/mol. The number of ether oxygens (including phenoxy) is 2. The monoisotopic (exact) mass is 462 g/mol. The number of hydrogen-bond acceptors (Lipinski definition) is 5. The quantitative estimate of drug-likeness (QED) is 0.398. The first-order valence-corrected chi connectivity index (χ1v) is 11.2. The molecule has 1 aliphatic rings. The second-order valence-electron chi connectivity index (χ2n) is 7.93. The number of rotatable bonds is 8. The van der Waals surface area contributed by atoms with E-state index in [-0.39, 0.29) is 29.6 Å². The molecule has 0 fully saturated rings. The highest BCUT2D eigenvalue weighted by atomic mass is 19.1. The number of nitrogens with zero attached hydrogens (tertiary/aromatic N) is 2. The average Bonchev–Trinajstić information content (AvgIpc) is 2.82. The molecular formula is C27H27FN2O4. The van der Waals surface area contributed by atoms with Crippen LogP contribution in [0, 0.1) is 17.1 Å². The van der Waals surface area contributed by atoms with Crippen molar-refractivity contribution in [1.82, 2.24) is 4.90 Å². The highest BCUT2D eigenvalue weighted by molar-refractivity contribution is 6.19. The second-order valence-corrected chi connectivity index (χ2v) is 7.93. The van der Waals surface area contributed by atoms with Gasteiger partial charge in [-0.1, -0.05) is 31.2 Å². The number of benzene rings is 2. The van der Waals surface area contributed by atoms with Crippen molar-refractivity contribution in [3.05, 3.63) is 76.1 Å². The van der Waals surface area contributed by atoms with E-state index in [1.165, 1.54) is 6.07 Å². The van der Waals surface area contributed by atoms with Crippen LogP contribution >= 0.6 is 0 Å².